The van der Waals surface area contributed by atoms with E-state index in [1.807, 2.05) is 0 Å². The van der Waals surface area contributed by atoms with Gasteiger partial charge >= 0.3 is 0 Å². The average molecular weight is 346 g/mol. The topological polar surface area (TPSA) is 64.7 Å². The van der Waals surface area contributed by atoms with E-state index in [9.17, 15) is 14.0 Å². The molecule has 1 aliphatic rings. The van der Waals surface area contributed by atoms with Gasteiger partial charge in [-0.2, -0.15) is 0 Å². The van der Waals surface area contributed by atoms with Crippen molar-refractivity contribution in [1.29, 1.82) is 0 Å². The standard InChI is InChI=1S/C18H23FN4O2/c1-2-8-20-18(25)14-23-12-10-22(11-13-23)9-7-17(24)21-16-5-3-15(19)4-6-16/h1,3-6H,7-14H2,(H,20,25)(H,21,24). The molecule has 0 bridgehead atoms. The maximum atomic E-state index is 12.8. The molecule has 1 aromatic rings. The third-order valence-corrected chi connectivity index (χ3v) is 4.00. The third-order valence-electron chi connectivity index (χ3n) is 4.00. The molecule has 0 aliphatic carbocycles. The fourth-order valence-electron chi connectivity index (χ4n) is 2.60. The number of carbonyl (C=O) groups is 2. The third kappa shape index (κ3) is 6.91. The van der Waals surface area contributed by atoms with Gasteiger partial charge in [-0.25, -0.2) is 4.39 Å². The van der Waals surface area contributed by atoms with E-state index in [0.717, 1.165) is 26.2 Å². The summed E-state index contributed by atoms with van der Waals surface area (Å²) in [7, 11) is 0. The van der Waals surface area contributed by atoms with E-state index in [0.29, 0.717) is 25.2 Å². The number of nitrogens with one attached hydrogen (secondary N) is 2. The fourth-order valence-corrected chi connectivity index (χ4v) is 2.60. The van der Waals surface area contributed by atoms with Crippen LogP contribution in [-0.2, 0) is 9.59 Å². The zero-order valence-electron chi connectivity index (χ0n) is 14.1. The van der Waals surface area contributed by atoms with Crippen molar-refractivity contribution in [3.8, 4) is 12.3 Å². The van der Waals surface area contributed by atoms with Crippen LogP contribution in [0.4, 0.5) is 10.1 Å². The maximum absolute atomic E-state index is 12.8. The molecule has 7 heteroatoms. The number of amides is 2. The molecule has 2 amide bonds. The van der Waals surface area contributed by atoms with Crippen molar-refractivity contribution in [1.82, 2.24) is 15.1 Å². The van der Waals surface area contributed by atoms with Crippen LogP contribution in [-0.4, -0.2) is 67.4 Å². The van der Waals surface area contributed by atoms with Crippen molar-refractivity contribution in [3.63, 3.8) is 0 Å². The summed E-state index contributed by atoms with van der Waals surface area (Å²) in [6.07, 6.45) is 5.48. The van der Waals surface area contributed by atoms with Crippen molar-refractivity contribution in [2.75, 3.05) is 51.1 Å². The molecule has 2 N–H and O–H groups in total. The number of anilines is 1. The lowest BCUT2D eigenvalue weighted by atomic mass is 10.2. The minimum absolute atomic E-state index is 0.0647. The van der Waals surface area contributed by atoms with E-state index < -0.39 is 0 Å². The predicted molar refractivity (Wildman–Crippen MR) is 94.4 cm³/mol. The summed E-state index contributed by atoms with van der Waals surface area (Å²) in [5.74, 6) is 1.89. The number of piperazine rings is 1. The minimum Gasteiger partial charge on any atom is -0.344 e. The smallest absolute Gasteiger partial charge is 0.234 e. The molecule has 0 spiro atoms. The van der Waals surface area contributed by atoms with Crippen LogP contribution in [0, 0.1) is 18.2 Å². The van der Waals surface area contributed by atoms with Crippen molar-refractivity contribution in [3.05, 3.63) is 30.1 Å². The second kappa shape index (κ2) is 9.77. The van der Waals surface area contributed by atoms with Crippen molar-refractivity contribution < 1.29 is 14.0 Å². The molecular formula is C18H23FN4O2. The summed E-state index contributed by atoms with van der Waals surface area (Å²) in [6, 6.07) is 5.71. The molecule has 6 nitrogen and oxygen atoms in total. The summed E-state index contributed by atoms with van der Waals surface area (Å²) in [6.45, 7) is 4.44. The van der Waals surface area contributed by atoms with Gasteiger partial charge in [0.2, 0.25) is 11.8 Å². The van der Waals surface area contributed by atoms with Gasteiger partial charge in [0.25, 0.3) is 0 Å². The highest BCUT2D eigenvalue weighted by molar-refractivity contribution is 5.90. The quantitative estimate of drug-likeness (QED) is 0.707. The first-order valence-electron chi connectivity index (χ1n) is 8.27. The molecular weight excluding hydrogens is 323 g/mol. The Morgan fingerprint density at radius 1 is 1.08 bits per heavy atom. The Kier molecular flexibility index (Phi) is 7.38. The molecule has 0 atom stereocenters. The highest BCUT2D eigenvalue weighted by Gasteiger charge is 2.19. The number of hydrogen-bond donors (Lipinski definition) is 2. The van der Waals surface area contributed by atoms with Gasteiger partial charge in [0.1, 0.15) is 5.82 Å². The van der Waals surface area contributed by atoms with E-state index in [-0.39, 0.29) is 24.2 Å². The first kappa shape index (κ1) is 18.9. The number of nitrogens with zero attached hydrogens (tertiary/aromatic N) is 2. The summed E-state index contributed by atoms with van der Waals surface area (Å²) in [4.78, 5) is 27.8. The SMILES string of the molecule is C#CCNC(=O)CN1CCN(CCC(=O)Nc2ccc(F)cc2)CC1. The lowest BCUT2D eigenvalue weighted by Gasteiger charge is -2.34. The van der Waals surface area contributed by atoms with E-state index >= 15 is 0 Å². The Hall–Kier alpha value is -2.43. The first-order valence-corrected chi connectivity index (χ1v) is 8.27. The van der Waals surface area contributed by atoms with Gasteiger partial charge in [0.05, 0.1) is 13.1 Å². The van der Waals surface area contributed by atoms with Gasteiger partial charge in [0.15, 0.2) is 0 Å². The highest BCUT2D eigenvalue weighted by atomic mass is 19.1. The molecule has 0 aromatic heterocycles. The molecule has 25 heavy (non-hydrogen) atoms. The summed E-state index contributed by atoms with van der Waals surface area (Å²) >= 11 is 0. The molecule has 2 rings (SSSR count). The average Bonchev–Trinajstić information content (AvgIpc) is 2.61. The number of carbonyl (C=O) groups excluding carboxylic acids is 2. The number of halogens is 1. The second-order valence-corrected chi connectivity index (χ2v) is 5.90. The molecule has 1 heterocycles. The van der Waals surface area contributed by atoms with Crippen molar-refractivity contribution in [2.45, 2.75) is 6.42 Å². The maximum Gasteiger partial charge on any atom is 0.234 e. The summed E-state index contributed by atoms with van der Waals surface area (Å²) < 4.78 is 12.8. The van der Waals surface area contributed by atoms with E-state index in [1.165, 1.54) is 24.3 Å². The predicted octanol–water partition coefficient (Wildman–Crippen LogP) is 0.521. The molecule has 0 saturated carbocycles. The van der Waals surface area contributed by atoms with Gasteiger partial charge in [0, 0.05) is 44.8 Å². The lowest BCUT2D eigenvalue weighted by Crippen LogP contribution is -2.49. The van der Waals surface area contributed by atoms with Gasteiger partial charge < -0.3 is 15.5 Å². The lowest BCUT2D eigenvalue weighted by molar-refractivity contribution is -0.122. The van der Waals surface area contributed by atoms with Crippen LogP contribution < -0.4 is 10.6 Å². The van der Waals surface area contributed by atoms with Crippen LogP contribution in [0.5, 0.6) is 0 Å². The zero-order chi connectivity index (χ0) is 18.1. The van der Waals surface area contributed by atoms with Crippen LogP contribution in [0.2, 0.25) is 0 Å². The van der Waals surface area contributed by atoms with Crippen LogP contribution in [0.25, 0.3) is 0 Å². The second-order valence-electron chi connectivity index (χ2n) is 5.90. The van der Waals surface area contributed by atoms with E-state index in [1.54, 1.807) is 0 Å². The Balaban J connectivity index is 1.63. The van der Waals surface area contributed by atoms with Crippen LogP contribution >= 0.6 is 0 Å². The van der Waals surface area contributed by atoms with Crippen LogP contribution in [0.3, 0.4) is 0 Å². The molecule has 0 radical (unpaired) electrons. The fraction of sp³-hybridized carbons (Fsp3) is 0.444. The molecule has 1 aliphatic heterocycles. The Morgan fingerprint density at radius 2 is 1.72 bits per heavy atom. The highest BCUT2D eigenvalue weighted by Crippen LogP contribution is 2.09. The van der Waals surface area contributed by atoms with E-state index in [2.05, 4.69) is 26.4 Å². The molecule has 0 unspecified atom stereocenters. The number of terminal acetylenes is 1. The van der Waals surface area contributed by atoms with Crippen molar-refractivity contribution in [2.24, 2.45) is 0 Å². The van der Waals surface area contributed by atoms with Gasteiger partial charge in [-0.3, -0.25) is 14.5 Å². The minimum atomic E-state index is -0.330. The number of rotatable bonds is 7. The molecule has 1 fully saturated rings. The first-order chi connectivity index (χ1) is 12.1. The zero-order valence-corrected chi connectivity index (χ0v) is 14.1. The van der Waals surface area contributed by atoms with Gasteiger partial charge in [-0.1, -0.05) is 5.92 Å². The van der Waals surface area contributed by atoms with Crippen molar-refractivity contribution >= 4 is 17.5 Å². The Labute approximate surface area is 147 Å². The monoisotopic (exact) mass is 346 g/mol. The molecule has 1 saturated heterocycles. The Morgan fingerprint density at radius 3 is 2.36 bits per heavy atom. The number of hydrogen-bond acceptors (Lipinski definition) is 4. The molecule has 1 aromatic carbocycles. The Bertz CT molecular complexity index is 619. The summed E-state index contributed by atoms with van der Waals surface area (Å²) in [5.41, 5.74) is 0.592. The number of benzene rings is 1. The normalized spacial score (nSPS) is 15.4. The van der Waals surface area contributed by atoms with Gasteiger partial charge in [-0.05, 0) is 24.3 Å². The molecule has 134 valence electrons. The van der Waals surface area contributed by atoms with Gasteiger partial charge in [-0.15, -0.1) is 6.42 Å². The summed E-state index contributed by atoms with van der Waals surface area (Å²) in [5, 5.41) is 5.40. The van der Waals surface area contributed by atoms with Crippen LogP contribution in [0.15, 0.2) is 24.3 Å². The largest absolute Gasteiger partial charge is 0.344 e. The van der Waals surface area contributed by atoms with Crippen LogP contribution in [0.1, 0.15) is 6.42 Å². The van der Waals surface area contributed by atoms with E-state index in [4.69, 9.17) is 6.42 Å².